The molecule has 0 heterocycles. The molecule has 45 heavy (non-hydrogen) atoms. The van der Waals surface area contributed by atoms with Crippen molar-refractivity contribution in [1.29, 1.82) is 0 Å². The molecule has 0 radical (unpaired) electrons. The van der Waals surface area contributed by atoms with E-state index in [0.717, 1.165) is 0 Å². The Balaban J connectivity index is 1.15. The molecule has 0 heteroatoms. The van der Waals surface area contributed by atoms with Crippen LogP contribution in [0.4, 0.5) is 0 Å². The minimum atomic E-state index is -0.0830. The molecule has 0 N–H and O–H groups in total. The molecule has 0 saturated carbocycles. The third-order valence-corrected chi connectivity index (χ3v) is 10.1. The summed E-state index contributed by atoms with van der Waals surface area (Å²) >= 11 is 0. The second-order valence-corrected chi connectivity index (χ2v) is 12.9. The van der Waals surface area contributed by atoms with Crippen molar-refractivity contribution in [3.63, 3.8) is 0 Å². The van der Waals surface area contributed by atoms with E-state index < -0.39 is 0 Å². The maximum Gasteiger partial charge on any atom is 0.0159 e. The molecule has 0 amide bonds. The van der Waals surface area contributed by atoms with Gasteiger partial charge in [0.2, 0.25) is 0 Å². The zero-order valence-electron chi connectivity index (χ0n) is 25.5. The van der Waals surface area contributed by atoms with E-state index >= 15 is 0 Å². The molecule has 8 aromatic rings. The summed E-state index contributed by atoms with van der Waals surface area (Å²) in [5.74, 6) is 0. The molecule has 0 spiro atoms. The molecule has 0 fully saturated rings. The Labute approximate surface area is 264 Å². The Morgan fingerprint density at radius 3 is 1.69 bits per heavy atom. The van der Waals surface area contributed by atoms with Gasteiger partial charge in [-0.15, -0.1) is 0 Å². The summed E-state index contributed by atoms with van der Waals surface area (Å²) in [4.78, 5) is 0. The Kier molecular flexibility index (Phi) is 5.64. The summed E-state index contributed by atoms with van der Waals surface area (Å²) in [5, 5.41) is 7.72. The number of hydrogen-bond acceptors (Lipinski definition) is 0. The van der Waals surface area contributed by atoms with Crippen LogP contribution >= 0.6 is 0 Å². The van der Waals surface area contributed by atoms with E-state index in [1.54, 1.807) is 0 Å². The lowest BCUT2D eigenvalue weighted by atomic mass is 9.80. The first-order valence-electron chi connectivity index (χ1n) is 15.9. The fourth-order valence-electron chi connectivity index (χ4n) is 7.71. The molecule has 8 aromatic carbocycles. The minimum absolute atomic E-state index is 0.0830. The van der Waals surface area contributed by atoms with Crippen LogP contribution in [0.2, 0.25) is 0 Å². The molecule has 1 aliphatic rings. The van der Waals surface area contributed by atoms with Crippen molar-refractivity contribution in [1.82, 2.24) is 0 Å². The smallest absolute Gasteiger partial charge is 0.0159 e. The van der Waals surface area contributed by atoms with Crippen molar-refractivity contribution in [3.05, 3.63) is 169 Å². The van der Waals surface area contributed by atoms with Crippen LogP contribution in [0, 0.1) is 0 Å². The second-order valence-electron chi connectivity index (χ2n) is 12.9. The number of benzene rings is 8. The largest absolute Gasteiger partial charge is 0.0622 e. The lowest BCUT2D eigenvalue weighted by Crippen LogP contribution is -2.15. The highest BCUT2D eigenvalue weighted by Gasteiger charge is 2.36. The molecule has 0 nitrogen and oxygen atoms in total. The number of rotatable bonds is 3. The van der Waals surface area contributed by atoms with Gasteiger partial charge in [-0.05, 0) is 112 Å². The Bertz CT molecular complexity index is 2440. The molecule has 0 aliphatic heterocycles. The van der Waals surface area contributed by atoms with Crippen molar-refractivity contribution in [3.8, 4) is 44.5 Å². The van der Waals surface area contributed by atoms with Crippen LogP contribution in [0.5, 0.6) is 0 Å². The lowest BCUT2D eigenvalue weighted by Gasteiger charge is -2.23. The highest BCUT2D eigenvalue weighted by molar-refractivity contribution is 6.14. The second kappa shape index (κ2) is 9.78. The predicted octanol–water partition coefficient (Wildman–Crippen LogP) is 12.5. The Morgan fingerprint density at radius 2 is 0.889 bits per heavy atom. The summed E-state index contributed by atoms with van der Waals surface area (Å²) < 4.78 is 0. The van der Waals surface area contributed by atoms with Crippen LogP contribution in [0.15, 0.2) is 158 Å². The highest BCUT2D eigenvalue weighted by atomic mass is 14.4. The van der Waals surface area contributed by atoms with Crippen LogP contribution < -0.4 is 0 Å². The minimum Gasteiger partial charge on any atom is -0.0622 e. The van der Waals surface area contributed by atoms with Gasteiger partial charge in [-0.2, -0.15) is 0 Å². The van der Waals surface area contributed by atoms with Crippen LogP contribution in [0.25, 0.3) is 76.8 Å². The SMILES string of the molecule is CC1(C)c2cc(-c3ccccc3)ccc2-c2ccc(-c3cccc4cc(-c5cc6ccccc6c6ccccc56)ccc34)cc21. The highest BCUT2D eigenvalue weighted by Crippen LogP contribution is 2.51. The summed E-state index contributed by atoms with van der Waals surface area (Å²) in [5.41, 5.74) is 13.0. The quantitative estimate of drug-likeness (QED) is 0.185. The van der Waals surface area contributed by atoms with E-state index in [1.807, 2.05) is 0 Å². The van der Waals surface area contributed by atoms with Gasteiger partial charge >= 0.3 is 0 Å². The average Bonchev–Trinajstić information content (AvgIpc) is 3.32. The third-order valence-electron chi connectivity index (χ3n) is 10.1. The summed E-state index contributed by atoms with van der Waals surface area (Å²) in [7, 11) is 0. The topological polar surface area (TPSA) is 0 Å². The molecular weight excluding hydrogens is 540 g/mol. The van der Waals surface area contributed by atoms with Gasteiger partial charge in [0.05, 0.1) is 0 Å². The fraction of sp³-hybridized carbons (Fsp3) is 0.0667. The molecular formula is C45H32. The third kappa shape index (κ3) is 3.99. The van der Waals surface area contributed by atoms with Crippen LogP contribution in [0.1, 0.15) is 25.0 Å². The van der Waals surface area contributed by atoms with Crippen molar-refractivity contribution in [2.45, 2.75) is 19.3 Å². The maximum atomic E-state index is 2.44. The normalized spacial score (nSPS) is 13.3. The lowest BCUT2D eigenvalue weighted by molar-refractivity contribution is 0.661. The molecule has 9 rings (SSSR count). The van der Waals surface area contributed by atoms with E-state index in [0.29, 0.717) is 0 Å². The van der Waals surface area contributed by atoms with Gasteiger partial charge in [0.1, 0.15) is 0 Å². The Hall–Kier alpha value is -5.46. The van der Waals surface area contributed by atoms with Crippen molar-refractivity contribution < 1.29 is 0 Å². The molecule has 0 atom stereocenters. The molecule has 0 aromatic heterocycles. The van der Waals surface area contributed by atoms with E-state index in [9.17, 15) is 0 Å². The molecule has 0 saturated heterocycles. The monoisotopic (exact) mass is 572 g/mol. The van der Waals surface area contributed by atoms with Gasteiger partial charge in [0, 0.05) is 5.41 Å². The van der Waals surface area contributed by atoms with Crippen molar-refractivity contribution in [2.24, 2.45) is 0 Å². The van der Waals surface area contributed by atoms with Gasteiger partial charge in [-0.25, -0.2) is 0 Å². The van der Waals surface area contributed by atoms with Gasteiger partial charge in [0.25, 0.3) is 0 Å². The van der Waals surface area contributed by atoms with Crippen molar-refractivity contribution in [2.75, 3.05) is 0 Å². The van der Waals surface area contributed by atoms with Gasteiger partial charge in [0.15, 0.2) is 0 Å². The average molecular weight is 573 g/mol. The summed E-state index contributed by atoms with van der Waals surface area (Å²) in [6.45, 7) is 4.75. The van der Waals surface area contributed by atoms with Crippen molar-refractivity contribution >= 4 is 32.3 Å². The maximum absolute atomic E-state index is 2.44. The van der Waals surface area contributed by atoms with Gasteiger partial charge < -0.3 is 0 Å². The predicted molar refractivity (Wildman–Crippen MR) is 193 cm³/mol. The number of hydrogen-bond donors (Lipinski definition) is 0. The Morgan fingerprint density at radius 1 is 0.311 bits per heavy atom. The molecule has 0 bridgehead atoms. The summed E-state index contributed by atoms with van der Waals surface area (Å²) in [6.07, 6.45) is 0. The standard InChI is InChI=1S/C45H32/c1-45(2)43-27-30(29-11-4-3-5-12-29)19-23-40(43)41-24-21-34(28-44(41)45)35-18-10-14-31-25-33(20-22-37(31)35)42-26-32-13-6-7-15-36(32)38-16-8-9-17-39(38)42/h3-28H,1-2H3. The zero-order chi connectivity index (χ0) is 30.1. The first-order chi connectivity index (χ1) is 22.1. The fourth-order valence-corrected chi connectivity index (χ4v) is 7.71. The van der Waals surface area contributed by atoms with Crippen LogP contribution in [0.3, 0.4) is 0 Å². The van der Waals surface area contributed by atoms with E-state index in [4.69, 9.17) is 0 Å². The van der Waals surface area contributed by atoms with E-state index in [-0.39, 0.29) is 5.41 Å². The zero-order valence-corrected chi connectivity index (χ0v) is 25.5. The van der Waals surface area contributed by atoms with Gasteiger partial charge in [-0.3, -0.25) is 0 Å². The summed E-state index contributed by atoms with van der Waals surface area (Å²) in [6, 6.07) is 58.4. The molecule has 1 aliphatic carbocycles. The first kappa shape index (κ1) is 26.0. The molecule has 0 unspecified atom stereocenters. The molecule has 212 valence electrons. The van der Waals surface area contributed by atoms with Crippen LogP contribution in [-0.2, 0) is 5.41 Å². The van der Waals surface area contributed by atoms with Gasteiger partial charge in [-0.1, -0.05) is 147 Å². The van der Waals surface area contributed by atoms with Crippen LogP contribution in [-0.4, -0.2) is 0 Å². The number of fused-ring (bicyclic) bond motifs is 7. The first-order valence-corrected chi connectivity index (χ1v) is 15.9. The van der Waals surface area contributed by atoms with E-state index in [1.165, 1.54) is 88.0 Å². The van der Waals surface area contributed by atoms with E-state index in [2.05, 4.69) is 172 Å².